The molecule has 0 bridgehead atoms. The topological polar surface area (TPSA) is 77.5 Å². The number of anilines is 1. The van der Waals surface area contributed by atoms with Gasteiger partial charge >= 0.3 is 0 Å². The third-order valence-electron chi connectivity index (χ3n) is 6.51. The molecular formula is C25H24N2O4. The third-order valence-corrected chi connectivity index (χ3v) is 6.51. The van der Waals surface area contributed by atoms with Crippen LogP contribution >= 0.6 is 0 Å². The number of amides is 1. The number of carbonyl (C=O) groups is 2. The van der Waals surface area contributed by atoms with E-state index in [0.717, 1.165) is 35.9 Å². The predicted octanol–water partition coefficient (Wildman–Crippen LogP) is 4.20. The standard InChI is InChI=1S/C25H24N2O4/c1-15-9-17(13-28)3-5-20(15)21-11-19(12-26-16(21)2)27-24(29)25(7-8-25)18-4-6-22-23(10-18)31-14-30-22/h3-6,9-13,15,20H,7-8,14H2,1-2H3,(H,27,29). The number of hydrogen-bond acceptors (Lipinski definition) is 5. The fourth-order valence-corrected chi connectivity index (χ4v) is 4.49. The molecule has 1 fully saturated rings. The summed E-state index contributed by atoms with van der Waals surface area (Å²) in [6.07, 6.45) is 10.0. The first-order valence-corrected chi connectivity index (χ1v) is 10.5. The monoisotopic (exact) mass is 416 g/mol. The van der Waals surface area contributed by atoms with E-state index in [1.54, 1.807) is 6.20 Å². The van der Waals surface area contributed by atoms with Crippen LogP contribution in [0.2, 0.25) is 0 Å². The molecule has 3 aliphatic rings. The number of aldehydes is 1. The second-order valence-corrected chi connectivity index (χ2v) is 8.53. The van der Waals surface area contributed by atoms with E-state index in [2.05, 4.69) is 17.2 Å². The zero-order chi connectivity index (χ0) is 21.6. The summed E-state index contributed by atoms with van der Waals surface area (Å²) in [7, 11) is 0. The number of rotatable bonds is 5. The van der Waals surface area contributed by atoms with E-state index in [1.165, 1.54) is 0 Å². The first-order chi connectivity index (χ1) is 15.0. The summed E-state index contributed by atoms with van der Waals surface area (Å²) in [5.41, 5.74) is 3.76. The summed E-state index contributed by atoms with van der Waals surface area (Å²) >= 11 is 0. The molecule has 0 saturated heterocycles. The first kappa shape index (κ1) is 19.5. The Morgan fingerprint density at radius 2 is 2.03 bits per heavy atom. The van der Waals surface area contributed by atoms with Gasteiger partial charge in [0.15, 0.2) is 11.5 Å². The van der Waals surface area contributed by atoms with Gasteiger partial charge in [-0.15, -0.1) is 0 Å². The van der Waals surface area contributed by atoms with E-state index in [1.807, 2.05) is 49.4 Å². The minimum Gasteiger partial charge on any atom is -0.454 e. The SMILES string of the molecule is Cc1ncc(NC(=O)C2(c3ccc4c(c3)OCO4)CC2)cc1C1C=CC(C=O)=CC1C. The summed E-state index contributed by atoms with van der Waals surface area (Å²) in [5.74, 6) is 1.65. The summed E-state index contributed by atoms with van der Waals surface area (Å²) in [6.45, 7) is 4.27. The molecular weight excluding hydrogens is 392 g/mol. The zero-order valence-corrected chi connectivity index (χ0v) is 17.6. The number of nitrogens with zero attached hydrogens (tertiary/aromatic N) is 1. The van der Waals surface area contributed by atoms with E-state index >= 15 is 0 Å². The summed E-state index contributed by atoms with van der Waals surface area (Å²) in [4.78, 5) is 28.8. The van der Waals surface area contributed by atoms with Crippen LogP contribution in [0.5, 0.6) is 11.5 Å². The van der Waals surface area contributed by atoms with Gasteiger partial charge in [-0.2, -0.15) is 0 Å². The van der Waals surface area contributed by atoms with Crippen LogP contribution in [0.25, 0.3) is 0 Å². The molecule has 2 aromatic rings. The minimum atomic E-state index is -0.536. The van der Waals surface area contributed by atoms with E-state index in [0.29, 0.717) is 22.8 Å². The maximum atomic E-state index is 13.2. The van der Waals surface area contributed by atoms with Gasteiger partial charge in [0, 0.05) is 17.2 Å². The van der Waals surface area contributed by atoms with E-state index in [4.69, 9.17) is 9.47 Å². The molecule has 1 aliphatic heterocycles. The van der Waals surface area contributed by atoms with E-state index in [9.17, 15) is 9.59 Å². The Morgan fingerprint density at radius 1 is 1.23 bits per heavy atom. The molecule has 0 spiro atoms. The Hall–Kier alpha value is -3.41. The van der Waals surface area contributed by atoms with Crippen molar-refractivity contribution in [1.82, 2.24) is 4.98 Å². The molecule has 1 amide bonds. The van der Waals surface area contributed by atoms with Crippen LogP contribution in [0.15, 0.2) is 54.3 Å². The smallest absolute Gasteiger partial charge is 0.235 e. The predicted molar refractivity (Wildman–Crippen MR) is 116 cm³/mol. The number of nitrogens with one attached hydrogen (secondary N) is 1. The quantitative estimate of drug-likeness (QED) is 0.739. The third kappa shape index (κ3) is 3.42. The highest BCUT2D eigenvalue weighted by atomic mass is 16.7. The lowest BCUT2D eigenvalue weighted by Gasteiger charge is -2.24. The molecule has 1 aromatic carbocycles. The van der Waals surface area contributed by atoms with Crippen molar-refractivity contribution >= 4 is 17.9 Å². The molecule has 0 radical (unpaired) electrons. The average Bonchev–Trinajstić information content (AvgIpc) is 3.46. The van der Waals surface area contributed by atoms with Crippen LogP contribution in [0.4, 0.5) is 5.69 Å². The van der Waals surface area contributed by atoms with Crippen molar-refractivity contribution in [2.45, 2.75) is 38.0 Å². The Balaban J connectivity index is 1.38. The minimum absolute atomic E-state index is 0.0293. The number of ether oxygens (including phenoxy) is 2. The van der Waals surface area contributed by atoms with Gasteiger partial charge in [0.05, 0.1) is 17.3 Å². The van der Waals surface area contributed by atoms with Crippen LogP contribution in [-0.4, -0.2) is 24.0 Å². The number of aromatic nitrogens is 1. The van der Waals surface area contributed by atoms with E-state index < -0.39 is 5.41 Å². The lowest BCUT2D eigenvalue weighted by Crippen LogP contribution is -2.28. The molecule has 158 valence electrons. The van der Waals surface area contributed by atoms with Gasteiger partial charge in [0.25, 0.3) is 0 Å². The summed E-state index contributed by atoms with van der Waals surface area (Å²) < 4.78 is 10.9. The number of aryl methyl sites for hydroxylation is 1. The number of allylic oxidation sites excluding steroid dienone is 4. The second-order valence-electron chi connectivity index (χ2n) is 8.53. The Morgan fingerprint density at radius 3 is 2.77 bits per heavy atom. The van der Waals surface area contributed by atoms with Gasteiger partial charge in [0.1, 0.15) is 6.29 Å². The molecule has 1 saturated carbocycles. The molecule has 5 rings (SSSR count). The van der Waals surface area contributed by atoms with Crippen molar-refractivity contribution in [3.05, 3.63) is 71.1 Å². The molecule has 31 heavy (non-hydrogen) atoms. The van der Waals surface area contributed by atoms with Crippen LogP contribution in [0.3, 0.4) is 0 Å². The highest BCUT2D eigenvalue weighted by Gasteiger charge is 2.51. The highest BCUT2D eigenvalue weighted by molar-refractivity contribution is 6.01. The lowest BCUT2D eigenvalue weighted by atomic mass is 9.81. The fraction of sp³-hybridized carbons (Fsp3) is 0.320. The van der Waals surface area contributed by atoms with Gasteiger partial charge in [0.2, 0.25) is 12.7 Å². The van der Waals surface area contributed by atoms with Crippen LogP contribution in [0.1, 0.15) is 42.5 Å². The van der Waals surface area contributed by atoms with Crippen molar-refractivity contribution in [1.29, 1.82) is 0 Å². The van der Waals surface area contributed by atoms with Gasteiger partial charge in [-0.25, -0.2) is 0 Å². The van der Waals surface area contributed by atoms with Crippen LogP contribution in [-0.2, 0) is 15.0 Å². The number of pyridine rings is 1. The number of fused-ring (bicyclic) bond motifs is 1. The number of carbonyl (C=O) groups excluding carboxylic acids is 2. The van der Waals surface area contributed by atoms with Crippen LogP contribution < -0.4 is 14.8 Å². The van der Waals surface area contributed by atoms with Crippen molar-refractivity contribution in [3.8, 4) is 11.5 Å². The van der Waals surface area contributed by atoms with Crippen molar-refractivity contribution in [2.75, 3.05) is 12.1 Å². The van der Waals surface area contributed by atoms with Crippen LogP contribution in [0, 0.1) is 12.8 Å². The Labute approximate surface area is 181 Å². The lowest BCUT2D eigenvalue weighted by molar-refractivity contribution is -0.118. The number of benzene rings is 1. The Bertz CT molecular complexity index is 1130. The second kappa shape index (κ2) is 7.38. The summed E-state index contributed by atoms with van der Waals surface area (Å²) in [5, 5.41) is 3.08. The van der Waals surface area contributed by atoms with Crippen molar-refractivity contribution in [2.24, 2.45) is 5.92 Å². The van der Waals surface area contributed by atoms with Crippen molar-refractivity contribution in [3.63, 3.8) is 0 Å². The molecule has 2 heterocycles. The highest BCUT2D eigenvalue weighted by Crippen LogP contribution is 2.51. The normalized spacial score (nSPS) is 22.6. The first-order valence-electron chi connectivity index (χ1n) is 10.5. The molecule has 6 nitrogen and oxygen atoms in total. The molecule has 1 aromatic heterocycles. The molecule has 1 N–H and O–H groups in total. The van der Waals surface area contributed by atoms with Gasteiger partial charge in [-0.3, -0.25) is 14.6 Å². The van der Waals surface area contributed by atoms with Gasteiger partial charge < -0.3 is 14.8 Å². The van der Waals surface area contributed by atoms with E-state index in [-0.39, 0.29) is 24.5 Å². The largest absolute Gasteiger partial charge is 0.454 e. The maximum absolute atomic E-state index is 13.2. The summed E-state index contributed by atoms with van der Waals surface area (Å²) in [6, 6.07) is 7.74. The molecule has 6 heteroatoms. The molecule has 2 atom stereocenters. The number of hydrogen-bond donors (Lipinski definition) is 1. The van der Waals surface area contributed by atoms with Crippen molar-refractivity contribution < 1.29 is 19.1 Å². The average molecular weight is 416 g/mol. The molecule has 2 aliphatic carbocycles. The maximum Gasteiger partial charge on any atom is 0.235 e. The van der Waals surface area contributed by atoms with Gasteiger partial charge in [-0.05, 0) is 55.0 Å². The van der Waals surface area contributed by atoms with Gasteiger partial charge in [-0.1, -0.05) is 31.2 Å². The zero-order valence-electron chi connectivity index (χ0n) is 17.6. The Kier molecular flexibility index (Phi) is 4.65. The molecule has 2 unspecified atom stereocenters. The fourth-order valence-electron chi connectivity index (χ4n) is 4.49.